The molecule has 2 amide bonds. The first-order chi connectivity index (χ1) is 18.1. The van der Waals surface area contributed by atoms with E-state index in [0.29, 0.717) is 17.0 Å². The van der Waals surface area contributed by atoms with Gasteiger partial charge in [0.1, 0.15) is 23.9 Å². The first kappa shape index (κ1) is 26.5. The summed E-state index contributed by atoms with van der Waals surface area (Å²) in [5, 5.41) is 15.2. The van der Waals surface area contributed by atoms with Gasteiger partial charge in [0.05, 0.1) is 19.1 Å². The summed E-state index contributed by atoms with van der Waals surface area (Å²) in [5.74, 6) is -0.461. The summed E-state index contributed by atoms with van der Waals surface area (Å²) >= 11 is 0. The van der Waals surface area contributed by atoms with Crippen LogP contribution in [0.15, 0.2) is 65.3 Å². The molecule has 1 atom stereocenters. The number of amides is 2. The minimum Gasteiger partial charge on any atom is -0.495 e. The fourth-order valence-electron chi connectivity index (χ4n) is 3.89. The molecule has 4 rings (SSSR count). The van der Waals surface area contributed by atoms with E-state index >= 15 is 0 Å². The lowest BCUT2D eigenvalue weighted by molar-refractivity contribution is -0.128. The van der Waals surface area contributed by atoms with Crippen molar-refractivity contribution < 1.29 is 23.1 Å². The van der Waals surface area contributed by atoms with E-state index in [1.807, 2.05) is 33.8 Å². The Balaban J connectivity index is 1.76. The maximum Gasteiger partial charge on any atom is 0.251 e. The molecule has 38 heavy (non-hydrogen) atoms. The van der Waals surface area contributed by atoms with Crippen LogP contribution in [0.2, 0.25) is 0 Å². The van der Waals surface area contributed by atoms with Gasteiger partial charge in [0.25, 0.3) is 11.8 Å². The van der Waals surface area contributed by atoms with Crippen LogP contribution in [0.25, 0.3) is 11.4 Å². The number of halogens is 1. The number of nitrogens with one attached hydrogen (secondary N) is 1. The largest absolute Gasteiger partial charge is 0.495 e. The van der Waals surface area contributed by atoms with Crippen LogP contribution < -0.4 is 15.0 Å². The molecule has 198 valence electrons. The highest BCUT2D eigenvalue weighted by molar-refractivity contribution is 6.02. The van der Waals surface area contributed by atoms with Crippen molar-refractivity contribution in [2.75, 3.05) is 12.0 Å². The van der Waals surface area contributed by atoms with Crippen molar-refractivity contribution in [1.29, 1.82) is 0 Å². The predicted molar refractivity (Wildman–Crippen MR) is 138 cm³/mol. The van der Waals surface area contributed by atoms with Crippen molar-refractivity contribution in [2.24, 2.45) is 0 Å². The zero-order valence-corrected chi connectivity index (χ0v) is 21.8. The Labute approximate surface area is 219 Å². The number of furan rings is 1. The van der Waals surface area contributed by atoms with Gasteiger partial charge in [0.15, 0.2) is 6.04 Å². The van der Waals surface area contributed by atoms with E-state index in [2.05, 4.69) is 20.7 Å². The summed E-state index contributed by atoms with van der Waals surface area (Å²) in [7, 11) is 1.49. The SMILES string of the molecule is COc1ccc(C)cc1N(C(=O)Cn1nnc(-c2ccc(F)cc2)n1)C(C(=O)NC(C)(C)C)c1ccco1. The third-order valence-corrected chi connectivity index (χ3v) is 5.51. The zero-order chi connectivity index (χ0) is 27.4. The van der Waals surface area contributed by atoms with Gasteiger partial charge in [-0.1, -0.05) is 6.07 Å². The molecule has 0 radical (unpaired) electrons. The van der Waals surface area contributed by atoms with Crippen LogP contribution >= 0.6 is 0 Å². The Morgan fingerprint density at radius 1 is 1.16 bits per heavy atom. The molecule has 0 saturated heterocycles. The van der Waals surface area contributed by atoms with Crippen molar-refractivity contribution in [3.63, 3.8) is 0 Å². The fourth-order valence-corrected chi connectivity index (χ4v) is 3.89. The summed E-state index contributed by atoms with van der Waals surface area (Å²) < 4.78 is 24.5. The number of anilines is 1. The van der Waals surface area contributed by atoms with E-state index in [9.17, 15) is 14.0 Å². The number of benzene rings is 2. The van der Waals surface area contributed by atoms with Gasteiger partial charge >= 0.3 is 0 Å². The van der Waals surface area contributed by atoms with E-state index in [0.717, 1.165) is 10.4 Å². The lowest BCUT2D eigenvalue weighted by Crippen LogP contribution is -2.50. The number of methoxy groups -OCH3 is 1. The van der Waals surface area contributed by atoms with Gasteiger partial charge in [-0.25, -0.2) is 4.39 Å². The number of aromatic nitrogens is 4. The van der Waals surface area contributed by atoms with Gasteiger partial charge in [-0.05, 0) is 87.0 Å². The monoisotopic (exact) mass is 520 g/mol. The summed E-state index contributed by atoms with van der Waals surface area (Å²) in [6.45, 7) is 7.07. The number of ether oxygens (including phenoxy) is 1. The van der Waals surface area contributed by atoms with Crippen LogP contribution in [-0.4, -0.2) is 44.7 Å². The number of rotatable bonds is 8. The fraction of sp³-hybridized carbons (Fsp3) is 0.296. The minimum atomic E-state index is -1.16. The highest BCUT2D eigenvalue weighted by Gasteiger charge is 2.38. The quantitative estimate of drug-likeness (QED) is 0.372. The van der Waals surface area contributed by atoms with E-state index in [1.165, 1.54) is 42.5 Å². The number of hydrogen-bond donors (Lipinski definition) is 1. The highest BCUT2D eigenvalue weighted by atomic mass is 19.1. The molecule has 2 aromatic heterocycles. The third-order valence-electron chi connectivity index (χ3n) is 5.51. The molecule has 2 heterocycles. The molecule has 4 aromatic rings. The van der Waals surface area contributed by atoms with E-state index in [-0.39, 0.29) is 18.1 Å². The van der Waals surface area contributed by atoms with E-state index in [1.54, 1.807) is 24.3 Å². The van der Waals surface area contributed by atoms with Gasteiger partial charge < -0.3 is 14.5 Å². The van der Waals surface area contributed by atoms with Crippen LogP contribution in [-0.2, 0) is 16.1 Å². The second kappa shape index (κ2) is 10.8. The van der Waals surface area contributed by atoms with Gasteiger partial charge in [-0.3, -0.25) is 14.5 Å². The van der Waals surface area contributed by atoms with Gasteiger partial charge in [0.2, 0.25) is 5.82 Å². The molecule has 0 aliphatic carbocycles. The number of carbonyl (C=O) groups is 2. The molecule has 0 aliphatic heterocycles. The molecular weight excluding hydrogens is 491 g/mol. The molecule has 0 spiro atoms. The topological polar surface area (TPSA) is 115 Å². The number of nitrogens with zero attached hydrogens (tertiary/aromatic N) is 5. The van der Waals surface area contributed by atoms with Crippen molar-refractivity contribution in [3.8, 4) is 17.1 Å². The van der Waals surface area contributed by atoms with Gasteiger partial charge in [-0.15, -0.1) is 10.2 Å². The lowest BCUT2D eigenvalue weighted by Gasteiger charge is -2.33. The first-order valence-electron chi connectivity index (χ1n) is 11.9. The normalized spacial score (nSPS) is 12.2. The Morgan fingerprint density at radius 3 is 2.53 bits per heavy atom. The Hall–Kier alpha value is -4.54. The lowest BCUT2D eigenvalue weighted by atomic mass is 10.0. The van der Waals surface area contributed by atoms with Crippen LogP contribution in [0, 0.1) is 12.7 Å². The van der Waals surface area contributed by atoms with E-state index in [4.69, 9.17) is 9.15 Å². The van der Waals surface area contributed by atoms with Gasteiger partial charge in [-0.2, -0.15) is 4.80 Å². The van der Waals surface area contributed by atoms with Crippen LogP contribution in [0.1, 0.15) is 38.1 Å². The maximum atomic E-state index is 14.0. The number of hydrogen-bond acceptors (Lipinski definition) is 7. The molecular formula is C27H29FN6O4. The van der Waals surface area contributed by atoms with Crippen molar-refractivity contribution in [3.05, 3.63) is 78.0 Å². The second-order valence-corrected chi connectivity index (χ2v) is 9.75. The molecule has 10 nitrogen and oxygen atoms in total. The molecule has 1 N–H and O–H groups in total. The Morgan fingerprint density at radius 2 is 1.89 bits per heavy atom. The van der Waals surface area contributed by atoms with Crippen LogP contribution in [0.5, 0.6) is 5.75 Å². The molecule has 0 bridgehead atoms. The number of carbonyl (C=O) groups excluding carboxylic acids is 2. The summed E-state index contributed by atoms with van der Waals surface area (Å²) in [6.07, 6.45) is 1.44. The molecule has 0 saturated carbocycles. The molecule has 0 aliphatic rings. The first-order valence-corrected chi connectivity index (χ1v) is 11.9. The molecule has 1 unspecified atom stereocenters. The van der Waals surface area contributed by atoms with Crippen LogP contribution in [0.4, 0.5) is 10.1 Å². The zero-order valence-electron chi connectivity index (χ0n) is 21.8. The standard InChI is InChI=1S/C27H29FN6O4/c1-17-8-13-21(37-5)20(15-17)34(24(22-7-6-14-38-22)26(36)29-27(2,3)4)23(35)16-33-31-25(30-32-33)18-9-11-19(28)12-10-18/h6-15,24H,16H2,1-5H3,(H,29,36). The Kier molecular flexibility index (Phi) is 7.56. The minimum absolute atomic E-state index is 0.227. The predicted octanol–water partition coefficient (Wildman–Crippen LogP) is 4.08. The third kappa shape index (κ3) is 6.05. The van der Waals surface area contributed by atoms with Crippen molar-refractivity contribution >= 4 is 17.5 Å². The Bertz CT molecular complexity index is 1410. The number of tetrazole rings is 1. The molecule has 0 fully saturated rings. The maximum absolute atomic E-state index is 14.0. The molecule has 2 aromatic carbocycles. The average Bonchev–Trinajstić information content (AvgIpc) is 3.54. The molecule has 11 heteroatoms. The van der Waals surface area contributed by atoms with Gasteiger partial charge in [0, 0.05) is 11.1 Å². The second-order valence-electron chi connectivity index (χ2n) is 9.75. The average molecular weight is 521 g/mol. The smallest absolute Gasteiger partial charge is 0.251 e. The number of aryl methyl sites for hydroxylation is 1. The summed E-state index contributed by atoms with van der Waals surface area (Å²) in [5.41, 5.74) is 1.19. The van der Waals surface area contributed by atoms with Crippen molar-refractivity contribution in [1.82, 2.24) is 25.5 Å². The van der Waals surface area contributed by atoms with Crippen molar-refractivity contribution in [2.45, 2.75) is 45.8 Å². The summed E-state index contributed by atoms with van der Waals surface area (Å²) in [6, 6.07) is 13.1. The van der Waals surface area contributed by atoms with E-state index < -0.39 is 29.2 Å². The van der Waals surface area contributed by atoms with Crippen LogP contribution in [0.3, 0.4) is 0 Å². The summed E-state index contributed by atoms with van der Waals surface area (Å²) in [4.78, 5) is 30.1. The highest BCUT2D eigenvalue weighted by Crippen LogP contribution is 2.36.